The number of hydrogen-bond acceptors (Lipinski definition) is 4. The van der Waals surface area contributed by atoms with Gasteiger partial charge in [-0.2, -0.15) is 0 Å². The van der Waals surface area contributed by atoms with Crippen molar-refractivity contribution in [2.45, 2.75) is 37.8 Å². The van der Waals surface area contributed by atoms with Crippen molar-refractivity contribution in [3.63, 3.8) is 0 Å². The van der Waals surface area contributed by atoms with Crippen molar-refractivity contribution in [3.8, 4) is 0 Å². The molecule has 2 aromatic carbocycles. The highest BCUT2D eigenvalue weighted by molar-refractivity contribution is 5.83. The third kappa shape index (κ3) is 2.33. The molecule has 2 heterocycles. The Morgan fingerprint density at radius 3 is 2.37 bits per heavy atom. The molecule has 0 amide bonds. The number of hydrogen-bond donors (Lipinski definition) is 1. The maximum Gasteiger partial charge on any atom is 0.196 e. The van der Waals surface area contributed by atoms with Gasteiger partial charge >= 0.3 is 0 Å². The summed E-state index contributed by atoms with van der Waals surface area (Å²) in [7, 11) is 2.14. The van der Waals surface area contributed by atoms with Crippen molar-refractivity contribution >= 4 is 27.8 Å². The van der Waals surface area contributed by atoms with Crippen molar-refractivity contribution in [2.75, 3.05) is 11.9 Å². The van der Waals surface area contributed by atoms with Crippen LogP contribution >= 0.6 is 0 Å². The molecule has 2 aliphatic rings. The molecule has 0 aliphatic heterocycles. The van der Waals surface area contributed by atoms with Gasteiger partial charge in [-0.15, -0.1) is 0 Å². The Bertz CT molecular complexity index is 1100. The molecule has 2 aromatic heterocycles. The predicted octanol–water partition coefficient (Wildman–Crippen LogP) is 4.21. The van der Waals surface area contributed by atoms with Crippen LogP contribution in [-0.4, -0.2) is 19.1 Å². The van der Waals surface area contributed by atoms with Crippen LogP contribution in [0.3, 0.4) is 0 Å². The number of nitrogens with two attached hydrogens (primary N) is 1. The van der Waals surface area contributed by atoms with Crippen molar-refractivity contribution in [1.82, 2.24) is 0 Å². The quantitative estimate of drug-likeness (QED) is 0.583. The maximum atomic E-state index is 6.23. The fraction of sp³-hybridized carbons (Fsp3) is 0.304. The Kier molecular flexibility index (Phi) is 3.07. The van der Waals surface area contributed by atoms with Crippen LogP contribution in [0.2, 0.25) is 0 Å². The van der Waals surface area contributed by atoms with Gasteiger partial charge in [-0.05, 0) is 78.3 Å². The third-order valence-electron chi connectivity index (χ3n) is 6.37. The fourth-order valence-electron chi connectivity index (χ4n) is 4.87. The summed E-state index contributed by atoms with van der Waals surface area (Å²) < 4.78 is 11.8. The zero-order valence-electron chi connectivity index (χ0n) is 15.4. The molecule has 4 nitrogen and oxygen atoms in total. The van der Waals surface area contributed by atoms with E-state index in [0.717, 1.165) is 42.7 Å². The second-order valence-electron chi connectivity index (χ2n) is 8.16. The molecule has 2 aliphatic carbocycles. The molecule has 4 heteroatoms. The van der Waals surface area contributed by atoms with Crippen molar-refractivity contribution in [1.29, 1.82) is 0 Å². The monoisotopic (exact) mass is 358 g/mol. The molecule has 136 valence electrons. The van der Waals surface area contributed by atoms with Gasteiger partial charge in [0.05, 0.1) is 6.26 Å². The van der Waals surface area contributed by atoms with E-state index in [4.69, 9.17) is 14.6 Å². The summed E-state index contributed by atoms with van der Waals surface area (Å²) in [5, 5.41) is 2.37. The minimum Gasteiger partial charge on any atom is -0.464 e. The van der Waals surface area contributed by atoms with Gasteiger partial charge in [0.15, 0.2) is 5.88 Å². The predicted molar refractivity (Wildman–Crippen MR) is 107 cm³/mol. The van der Waals surface area contributed by atoms with Crippen LogP contribution in [0.15, 0.2) is 51.5 Å². The van der Waals surface area contributed by atoms with Gasteiger partial charge in [-0.1, -0.05) is 0 Å². The number of nitrogens with zero attached hydrogens (tertiary/aromatic N) is 1. The Hall–Kier alpha value is -2.72. The zero-order valence-corrected chi connectivity index (χ0v) is 15.4. The van der Waals surface area contributed by atoms with Gasteiger partial charge in [0.25, 0.3) is 0 Å². The van der Waals surface area contributed by atoms with E-state index in [9.17, 15) is 0 Å². The lowest BCUT2D eigenvalue weighted by Crippen LogP contribution is -2.31. The molecular formula is C23H22N2O2. The lowest BCUT2D eigenvalue weighted by atomic mass is 10.1. The molecule has 4 aromatic rings. The molecule has 0 radical (unpaired) electrons. The molecule has 0 bridgehead atoms. The molecular weight excluding hydrogens is 336 g/mol. The first-order valence-corrected chi connectivity index (χ1v) is 9.67. The second-order valence-corrected chi connectivity index (χ2v) is 8.16. The first-order chi connectivity index (χ1) is 13.1. The van der Waals surface area contributed by atoms with Gasteiger partial charge in [0, 0.05) is 36.0 Å². The molecule has 0 spiro atoms. The van der Waals surface area contributed by atoms with E-state index in [-0.39, 0.29) is 6.04 Å². The lowest BCUT2D eigenvalue weighted by molar-refractivity contribution is 0.554. The summed E-state index contributed by atoms with van der Waals surface area (Å²) in [6.07, 6.45) is 5.75. The molecule has 0 fully saturated rings. The summed E-state index contributed by atoms with van der Waals surface area (Å²) in [5.41, 5.74) is 13.6. The highest BCUT2D eigenvalue weighted by atomic mass is 16.4. The van der Waals surface area contributed by atoms with Gasteiger partial charge < -0.3 is 19.5 Å². The second kappa shape index (κ2) is 5.40. The smallest absolute Gasteiger partial charge is 0.196 e. The van der Waals surface area contributed by atoms with E-state index in [1.54, 1.807) is 6.26 Å². The fourth-order valence-corrected chi connectivity index (χ4v) is 4.87. The van der Waals surface area contributed by atoms with Crippen LogP contribution in [0.4, 0.5) is 5.88 Å². The Morgan fingerprint density at radius 1 is 0.852 bits per heavy atom. The van der Waals surface area contributed by atoms with Crippen LogP contribution in [0, 0.1) is 0 Å². The summed E-state index contributed by atoms with van der Waals surface area (Å²) in [6.45, 7) is 0. The minimum absolute atomic E-state index is 0.256. The summed E-state index contributed by atoms with van der Waals surface area (Å²) in [5.74, 6) is 0.944. The summed E-state index contributed by atoms with van der Waals surface area (Å²) in [4.78, 5) is 2.29. The summed E-state index contributed by atoms with van der Waals surface area (Å²) >= 11 is 0. The van der Waals surface area contributed by atoms with E-state index in [1.807, 2.05) is 6.07 Å². The topological polar surface area (TPSA) is 55.5 Å². The van der Waals surface area contributed by atoms with Crippen molar-refractivity contribution in [3.05, 3.63) is 64.9 Å². The van der Waals surface area contributed by atoms with E-state index in [0.29, 0.717) is 6.04 Å². The first-order valence-electron chi connectivity index (χ1n) is 9.67. The van der Waals surface area contributed by atoms with Crippen molar-refractivity contribution < 1.29 is 8.83 Å². The van der Waals surface area contributed by atoms with Crippen LogP contribution < -0.4 is 10.6 Å². The Balaban J connectivity index is 1.31. The number of fused-ring (bicyclic) bond motifs is 4. The normalized spacial score (nSPS) is 21.1. The van der Waals surface area contributed by atoms with Gasteiger partial charge in [0.2, 0.25) is 0 Å². The number of benzene rings is 2. The molecule has 2 N–H and O–H groups in total. The number of furan rings is 2. The molecule has 0 saturated carbocycles. The number of rotatable bonds is 2. The number of anilines is 1. The average Bonchev–Trinajstić information content (AvgIpc) is 3.40. The minimum atomic E-state index is 0.256. The molecule has 6 rings (SSSR count). The van der Waals surface area contributed by atoms with E-state index >= 15 is 0 Å². The first kappa shape index (κ1) is 15.3. The molecule has 27 heavy (non-hydrogen) atoms. The van der Waals surface area contributed by atoms with Crippen LogP contribution in [0.25, 0.3) is 21.9 Å². The van der Waals surface area contributed by atoms with E-state index < -0.39 is 0 Å². The van der Waals surface area contributed by atoms with Gasteiger partial charge in [-0.3, -0.25) is 0 Å². The van der Waals surface area contributed by atoms with Gasteiger partial charge in [0.1, 0.15) is 11.2 Å². The SMILES string of the molecule is CN(c1cc2cc3c(cc2o1)C[C@H](N)C3)[C@@H]1Cc2cc3ccoc3cc2C1. The largest absolute Gasteiger partial charge is 0.464 e. The van der Waals surface area contributed by atoms with Crippen molar-refractivity contribution in [2.24, 2.45) is 5.73 Å². The molecule has 0 saturated heterocycles. The van der Waals surface area contributed by atoms with Crippen LogP contribution in [-0.2, 0) is 25.7 Å². The summed E-state index contributed by atoms with van der Waals surface area (Å²) in [6, 6.07) is 13.8. The maximum absolute atomic E-state index is 6.23. The molecule has 0 unspecified atom stereocenters. The Morgan fingerprint density at radius 2 is 1.52 bits per heavy atom. The van der Waals surface area contributed by atoms with E-state index in [2.05, 4.69) is 42.3 Å². The van der Waals surface area contributed by atoms with Crippen LogP contribution in [0.5, 0.6) is 0 Å². The number of likely N-dealkylation sites (N-methyl/N-ethyl adjacent to an activating group) is 1. The van der Waals surface area contributed by atoms with E-state index in [1.165, 1.54) is 33.0 Å². The highest BCUT2D eigenvalue weighted by Crippen LogP contribution is 2.35. The zero-order chi connectivity index (χ0) is 18.1. The highest BCUT2D eigenvalue weighted by Gasteiger charge is 2.28. The third-order valence-corrected chi connectivity index (χ3v) is 6.37. The lowest BCUT2D eigenvalue weighted by Gasteiger charge is -2.23. The average molecular weight is 358 g/mol. The standard InChI is InChI=1S/C23H22N2O2/c1-25(20-8-15-4-13-2-3-26-21(13)10-17(15)9-20)23-12-18-5-14-6-19(24)7-16(14)11-22(18)27-23/h2-5,10-12,19-20H,6-9,24H2,1H3/t19-,20-/m1/s1. The molecule has 2 atom stereocenters. The van der Waals surface area contributed by atoms with Gasteiger partial charge in [-0.25, -0.2) is 0 Å². The van der Waals surface area contributed by atoms with Crippen LogP contribution in [0.1, 0.15) is 22.3 Å². The Labute approximate surface area is 157 Å².